The van der Waals surface area contributed by atoms with Gasteiger partial charge >= 0.3 is 0 Å². The summed E-state index contributed by atoms with van der Waals surface area (Å²) in [7, 11) is 5.74. The highest BCUT2D eigenvalue weighted by Crippen LogP contribution is 2.16. The molecule has 1 aromatic heterocycles. The van der Waals surface area contributed by atoms with Gasteiger partial charge in [0.05, 0.1) is 23.5 Å². The molecule has 0 saturated carbocycles. The molecule has 0 aliphatic carbocycles. The molecule has 5 heteroatoms. The summed E-state index contributed by atoms with van der Waals surface area (Å²) in [6.45, 7) is 1.91. The van der Waals surface area contributed by atoms with Crippen LogP contribution in [0.4, 0.5) is 0 Å². The van der Waals surface area contributed by atoms with E-state index in [0.29, 0.717) is 5.56 Å². The number of nitrogens with zero attached hydrogens (tertiary/aromatic N) is 1. The Balaban J connectivity index is 2.97. The van der Waals surface area contributed by atoms with Crippen LogP contribution in [0.2, 0.25) is 5.11 Å². The van der Waals surface area contributed by atoms with Gasteiger partial charge in [-0.2, -0.15) is 0 Å². The van der Waals surface area contributed by atoms with Gasteiger partial charge in [0.2, 0.25) is 0 Å². The predicted octanol–water partition coefficient (Wildman–Crippen LogP) is -1.45. The molecular formula is C8H12B3NO. The maximum Gasteiger partial charge on any atom is 0.147 e. The molecule has 1 heterocycles. The van der Waals surface area contributed by atoms with E-state index in [-0.39, 0.29) is 10.9 Å². The van der Waals surface area contributed by atoms with Crippen LogP contribution in [-0.2, 0) is 0 Å². The van der Waals surface area contributed by atoms with Gasteiger partial charge in [0.25, 0.3) is 0 Å². The fourth-order valence-corrected chi connectivity index (χ4v) is 1.04. The fourth-order valence-electron chi connectivity index (χ4n) is 1.04. The third kappa shape index (κ3) is 2.48. The summed E-state index contributed by atoms with van der Waals surface area (Å²) in [5.41, 5.74) is 1.63. The number of carbonyl (C=O) groups excluding carboxylic acids is 1. The normalized spacial score (nSPS) is 11.2. The maximum atomic E-state index is 11.7. The monoisotopic (exact) mass is 171 g/mol. The van der Waals surface area contributed by atoms with Crippen molar-refractivity contribution in [3.63, 3.8) is 0 Å². The van der Waals surface area contributed by atoms with Gasteiger partial charge in [-0.15, -0.1) is 0 Å². The topological polar surface area (TPSA) is 30.0 Å². The van der Waals surface area contributed by atoms with Crippen molar-refractivity contribution in [3.05, 3.63) is 29.6 Å². The van der Waals surface area contributed by atoms with Crippen LogP contribution < -0.4 is 0 Å². The highest BCUT2D eigenvalue weighted by atomic mass is 16.1. The number of Topliss-reactive ketones (excluding diaryl/α,β-unsaturated/α-hetero) is 1. The van der Waals surface area contributed by atoms with Crippen molar-refractivity contribution in [2.75, 3.05) is 0 Å². The average molecular weight is 171 g/mol. The van der Waals surface area contributed by atoms with Crippen LogP contribution in [0.1, 0.15) is 16.1 Å². The summed E-state index contributed by atoms with van der Waals surface area (Å²) < 4.78 is 0. The van der Waals surface area contributed by atoms with Crippen molar-refractivity contribution in [1.29, 1.82) is 0 Å². The molecule has 0 radical (unpaired) electrons. The lowest BCUT2D eigenvalue weighted by atomic mass is 9.40. The Labute approximate surface area is 81.4 Å². The van der Waals surface area contributed by atoms with Gasteiger partial charge in [0, 0.05) is 17.5 Å². The Morgan fingerprint density at radius 1 is 1.38 bits per heavy atom. The van der Waals surface area contributed by atoms with Crippen molar-refractivity contribution in [1.82, 2.24) is 4.98 Å². The summed E-state index contributed by atoms with van der Waals surface area (Å²) in [5, 5.41) is -0.322. The Morgan fingerprint density at radius 3 is 2.38 bits per heavy atom. The third-order valence-electron chi connectivity index (χ3n) is 1.85. The lowest BCUT2D eigenvalue weighted by Gasteiger charge is -2.15. The molecule has 0 aromatic carbocycles. The Morgan fingerprint density at radius 2 is 2.00 bits per heavy atom. The lowest BCUT2D eigenvalue weighted by Crippen LogP contribution is -2.25. The Kier molecular flexibility index (Phi) is 2.64. The van der Waals surface area contributed by atoms with Gasteiger partial charge < -0.3 is 0 Å². The van der Waals surface area contributed by atoms with Gasteiger partial charge in [0.15, 0.2) is 0 Å². The Hall–Kier alpha value is -0.985. The number of aryl methyl sites for hydroxylation is 1. The number of ketones is 1. The average Bonchev–Trinajstić information content (AvgIpc) is 2.03. The minimum absolute atomic E-state index is 0.139. The highest BCUT2D eigenvalue weighted by Gasteiger charge is 2.22. The van der Waals surface area contributed by atoms with Crippen LogP contribution in [0.25, 0.3) is 0 Å². The van der Waals surface area contributed by atoms with E-state index in [1.807, 2.05) is 42.6 Å². The Bertz CT molecular complexity index is 315. The van der Waals surface area contributed by atoms with E-state index >= 15 is 0 Å². The molecule has 13 heavy (non-hydrogen) atoms. The first-order valence-electron chi connectivity index (χ1n) is 4.39. The molecule has 0 aliphatic rings. The zero-order chi connectivity index (χ0) is 10.1. The molecule has 0 spiro atoms. The largest absolute Gasteiger partial charge is 0.296 e. The summed E-state index contributed by atoms with van der Waals surface area (Å²) in [6, 6.07) is 3.69. The van der Waals surface area contributed by atoms with Crippen LogP contribution in [-0.4, -0.2) is 34.3 Å². The van der Waals surface area contributed by atoms with E-state index in [1.54, 1.807) is 6.20 Å². The van der Waals surface area contributed by atoms with Crippen LogP contribution in [0.3, 0.4) is 0 Å². The number of rotatable bonds is 2. The lowest BCUT2D eigenvalue weighted by molar-refractivity contribution is 0.0993. The predicted molar refractivity (Wildman–Crippen MR) is 61.6 cm³/mol. The number of aromatic nitrogens is 1. The van der Waals surface area contributed by atoms with E-state index in [9.17, 15) is 4.79 Å². The summed E-state index contributed by atoms with van der Waals surface area (Å²) in [4.78, 5) is 15.8. The highest BCUT2D eigenvalue weighted by molar-refractivity contribution is 6.70. The molecule has 2 nitrogen and oxygen atoms in total. The van der Waals surface area contributed by atoms with Crippen LogP contribution in [0.15, 0.2) is 18.3 Å². The second-order valence-corrected chi connectivity index (χ2v) is 4.27. The van der Waals surface area contributed by atoms with Crippen LogP contribution in [0, 0.1) is 6.92 Å². The molecule has 0 aliphatic heterocycles. The molecule has 1 rings (SSSR count). The van der Waals surface area contributed by atoms with Gasteiger partial charge in [-0.3, -0.25) is 9.78 Å². The molecule has 0 unspecified atom stereocenters. The summed E-state index contributed by atoms with van der Waals surface area (Å²) >= 11 is 0. The van der Waals surface area contributed by atoms with Crippen molar-refractivity contribution < 1.29 is 4.79 Å². The fraction of sp³-hybridized carbons (Fsp3) is 0.250. The van der Waals surface area contributed by atoms with Crippen LogP contribution in [0.5, 0.6) is 0 Å². The minimum Gasteiger partial charge on any atom is -0.296 e. The quantitative estimate of drug-likeness (QED) is 0.402. The number of pyridine rings is 1. The zero-order valence-corrected chi connectivity index (χ0v) is 8.59. The molecule has 0 fully saturated rings. The molecule has 0 saturated heterocycles. The summed E-state index contributed by atoms with van der Waals surface area (Å²) in [6.07, 6.45) is 1.64. The van der Waals surface area contributed by atoms with E-state index in [1.165, 1.54) is 0 Å². The minimum atomic E-state index is -0.322. The van der Waals surface area contributed by atoms with E-state index in [0.717, 1.165) is 5.69 Å². The van der Waals surface area contributed by atoms with Crippen molar-refractivity contribution in [2.24, 2.45) is 0 Å². The first-order valence-corrected chi connectivity index (χ1v) is 4.39. The smallest absolute Gasteiger partial charge is 0.147 e. The third-order valence-corrected chi connectivity index (χ3v) is 1.85. The van der Waals surface area contributed by atoms with Gasteiger partial charge in [-0.1, -0.05) is 5.11 Å². The number of hydrogen-bond acceptors (Lipinski definition) is 2. The first-order chi connectivity index (χ1) is 5.91. The van der Waals surface area contributed by atoms with E-state index < -0.39 is 0 Å². The molecule has 0 bridgehead atoms. The second-order valence-electron chi connectivity index (χ2n) is 4.27. The van der Waals surface area contributed by atoms with Crippen LogP contribution >= 0.6 is 0 Å². The van der Waals surface area contributed by atoms with Crippen molar-refractivity contribution in [2.45, 2.75) is 12.0 Å². The number of hydrogen-bond donors (Lipinski definition) is 0. The first kappa shape index (κ1) is 10.1. The second kappa shape index (κ2) is 3.40. The molecule has 0 atom stereocenters. The van der Waals surface area contributed by atoms with Gasteiger partial charge in [-0.25, -0.2) is 0 Å². The summed E-state index contributed by atoms with van der Waals surface area (Å²) in [5.74, 6) is 0.139. The molecule has 64 valence electrons. The molecule has 0 amide bonds. The zero-order valence-electron chi connectivity index (χ0n) is 8.59. The van der Waals surface area contributed by atoms with Gasteiger partial charge in [0.1, 0.15) is 5.78 Å². The SMILES string of the molecule is BC(B)(B)C(=O)c1ccc(C)nc1. The van der Waals surface area contributed by atoms with Crippen molar-refractivity contribution in [3.8, 4) is 0 Å². The van der Waals surface area contributed by atoms with E-state index in [4.69, 9.17) is 0 Å². The number of carbonyl (C=O) groups is 1. The van der Waals surface area contributed by atoms with Gasteiger partial charge in [-0.05, 0) is 19.1 Å². The standard InChI is InChI=1S/C8H12B3NO/c1-5-2-3-6(4-12-5)7(13)8(9,10)11/h2-4H,9-11H2,1H3. The molecule has 0 N–H and O–H groups in total. The van der Waals surface area contributed by atoms with Crippen molar-refractivity contribution >= 4 is 29.3 Å². The maximum absolute atomic E-state index is 11.7. The molecular weight excluding hydrogens is 159 g/mol. The molecule has 1 aromatic rings. The van der Waals surface area contributed by atoms with E-state index in [2.05, 4.69) is 4.98 Å².